The van der Waals surface area contributed by atoms with Crippen molar-refractivity contribution in [1.29, 1.82) is 0 Å². The van der Waals surface area contributed by atoms with E-state index in [1.807, 2.05) is 24.3 Å². The van der Waals surface area contributed by atoms with E-state index in [0.29, 0.717) is 30.2 Å². The average Bonchev–Trinajstić information content (AvgIpc) is 2.86. The summed E-state index contributed by atoms with van der Waals surface area (Å²) in [5.74, 6) is 0.168. The molecule has 0 radical (unpaired) electrons. The number of ether oxygens (including phenoxy) is 1. The molecule has 35 heavy (non-hydrogen) atoms. The minimum atomic E-state index is -3.74. The van der Waals surface area contributed by atoms with Crippen molar-refractivity contribution in [3.05, 3.63) is 84.4 Å². The number of anilines is 1. The van der Waals surface area contributed by atoms with E-state index in [-0.39, 0.29) is 29.5 Å². The fourth-order valence-corrected chi connectivity index (χ4v) is 4.86. The second kappa shape index (κ2) is 12.1. The van der Waals surface area contributed by atoms with Gasteiger partial charge in [0.15, 0.2) is 5.75 Å². The highest BCUT2D eigenvalue weighted by molar-refractivity contribution is 7.89. The van der Waals surface area contributed by atoms with E-state index in [0.717, 1.165) is 0 Å². The maximum Gasteiger partial charge on any atom is 0.251 e. The number of carbonyl (C=O) groups excluding carboxylic acids is 2. The molecule has 0 saturated carbocycles. The molecule has 3 aromatic carbocycles. The number of nitrogens with one attached hydrogen (secondary N) is 2. The molecule has 0 heterocycles. The molecule has 0 aliphatic carbocycles. The summed E-state index contributed by atoms with van der Waals surface area (Å²) < 4.78 is 33.3. The quantitative estimate of drug-likeness (QED) is 0.413. The van der Waals surface area contributed by atoms with Gasteiger partial charge in [0, 0.05) is 31.6 Å². The van der Waals surface area contributed by atoms with Crippen LogP contribution in [-0.4, -0.2) is 44.2 Å². The number of para-hydroxylation sites is 1. The Kier molecular flexibility index (Phi) is 8.99. The van der Waals surface area contributed by atoms with E-state index in [1.165, 1.54) is 22.5 Å². The van der Waals surface area contributed by atoms with Crippen molar-refractivity contribution < 1.29 is 22.7 Å². The standard InChI is InChI=1S/C26H29N3O5S/c1-3-29(4-2)35(32,33)22-15-16-24(34-21-13-9-6-10-14-21)23(19-22)28-25(30)17-18-27-26(31)20-11-7-5-8-12-20/h5-16,19H,3-4,17-18H2,1-2H3,(H,27,31)(H,28,30). The topological polar surface area (TPSA) is 105 Å². The van der Waals surface area contributed by atoms with Gasteiger partial charge in [-0.2, -0.15) is 4.31 Å². The Morgan fingerprint density at radius 3 is 2.14 bits per heavy atom. The molecule has 0 saturated heterocycles. The summed E-state index contributed by atoms with van der Waals surface area (Å²) in [6.07, 6.45) is -0.00360. The van der Waals surface area contributed by atoms with Crippen LogP contribution in [0.5, 0.6) is 11.5 Å². The first-order valence-electron chi connectivity index (χ1n) is 11.3. The zero-order chi connectivity index (χ0) is 25.3. The third-order valence-corrected chi connectivity index (χ3v) is 7.26. The molecule has 3 rings (SSSR count). The zero-order valence-corrected chi connectivity index (χ0v) is 20.5. The molecule has 0 unspecified atom stereocenters. The van der Waals surface area contributed by atoms with Crippen LogP contribution in [0.4, 0.5) is 5.69 Å². The molecule has 0 aliphatic rings. The SMILES string of the molecule is CCN(CC)S(=O)(=O)c1ccc(Oc2ccccc2)c(NC(=O)CCNC(=O)c2ccccc2)c1. The van der Waals surface area contributed by atoms with Crippen LogP contribution in [-0.2, 0) is 14.8 Å². The summed E-state index contributed by atoms with van der Waals surface area (Å²) in [5.41, 5.74) is 0.724. The Morgan fingerprint density at radius 2 is 1.51 bits per heavy atom. The molecule has 0 bridgehead atoms. The molecule has 2 amide bonds. The Morgan fingerprint density at radius 1 is 0.886 bits per heavy atom. The normalized spacial score (nSPS) is 11.2. The van der Waals surface area contributed by atoms with Crippen molar-refractivity contribution in [2.45, 2.75) is 25.2 Å². The molecule has 184 valence electrons. The molecule has 3 aromatic rings. The van der Waals surface area contributed by atoms with Crippen LogP contribution in [0.25, 0.3) is 0 Å². The smallest absolute Gasteiger partial charge is 0.251 e. The van der Waals surface area contributed by atoms with Crippen molar-refractivity contribution in [3.8, 4) is 11.5 Å². The number of amides is 2. The molecule has 9 heteroatoms. The first-order valence-corrected chi connectivity index (χ1v) is 12.8. The lowest BCUT2D eigenvalue weighted by atomic mass is 10.2. The van der Waals surface area contributed by atoms with E-state index >= 15 is 0 Å². The summed E-state index contributed by atoms with van der Waals surface area (Å²) in [7, 11) is -3.74. The van der Waals surface area contributed by atoms with Crippen molar-refractivity contribution >= 4 is 27.5 Å². The van der Waals surface area contributed by atoms with E-state index in [2.05, 4.69) is 10.6 Å². The lowest BCUT2D eigenvalue weighted by Crippen LogP contribution is -2.30. The molecule has 0 spiro atoms. The maximum atomic E-state index is 13.0. The van der Waals surface area contributed by atoms with Gasteiger partial charge in [0.05, 0.1) is 10.6 Å². The molecule has 8 nitrogen and oxygen atoms in total. The van der Waals surface area contributed by atoms with Crippen LogP contribution in [0.3, 0.4) is 0 Å². The molecule has 0 aliphatic heterocycles. The van der Waals surface area contributed by atoms with E-state index < -0.39 is 15.9 Å². The largest absolute Gasteiger partial charge is 0.455 e. The van der Waals surface area contributed by atoms with Crippen LogP contribution in [0, 0.1) is 0 Å². The minimum Gasteiger partial charge on any atom is -0.455 e. The second-order valence-electron chi connectivity index (χ2n) is 7.58. The van der Waals surface area contributed by atoms with Crippen molar-refractivity contribution in [2.75, 3.05) is 25.0 Å². The van der Waals surface area contributed by atoms with Gasteiger partial charge in [-0.25, -0.2) is 8.42 Å². The van der Waals surface area contributed by atoms with Crippen LogP contribution < -0.4 is 15.4 Å². The van der Waals surface area contributed by atoms with Gasteiger partial charge in [0.1, 0.15) is 5.75 Å². The fourth-order valence-electron chi connectivity index (χ4n) is 3.38. The molecule has 0 fully saturated rings. The third-order valence-electron chi connectivity index (χ3n) is 5.21. The van der Waals surface area contributed by atoms with Gasteiger partial charge in [-0.15, -0.1) is 0 Å². The number of sulfonamides is 1. The minimum absolute atomic E-state index is 0.00360. The fraction of sp³-hybridized carbons (Fsp3) is 0.231. The Bertz CT molecular complexity index is 1240. The lowest BCUT2D eigenvalue weighted by Gasteiger charge is -2.20. The monoisotopic (exact) mass is 495 g/mol. The van der Waals surface area contributed by atoms with Crippen LogP contribution in [0.1, 0.15) is 30.6 Å². The van der Waals surface area contributed by atoms with Crippen LogP contribution in [0.15, 0.2) is 83.8 Å². The first kappa shape index (κ1) is 25.9. The summed E-state index contributed by atoms with van der Waals surface area (Å²) in [6, 6.07) is 22.1. The highest BCUT2D eigenvalue weighted by Crippen LogP contribution is 2.32. The Hall–Kier alpha value is -3.69. The molecule has 0 atom stereocenters. The summed E-state index contributed by atoms with van der Waals surface area (Å²) >= 11 is 0. The molecule has 2 N–H and O–H groups in total. The number of hydrogen-bond acceptors (Lipinski definition) is 5. The van der Waals surface area contributed by atoms with Crippen LogP contribution >= 0.6 is 0 Å². The Labute approximate surface area is 206 Å². The molecule has 0 aromatic heterocycles. The predicted octanol–water partition coefficient (Wildman–Crippen LogP) is 4.27. The number of rotatable bonds is 11. The molecular weight excluding hydrogens is 466 g/mol. The number of carbonyl (C=O) groups is 2. The van der Waals surface area contributed by atoms with Crippen molar-refractivity contribution in [2.24, 2.45) is 0 Å². The summed E-state index contributed by atoms with van der Waals surface area (Å²) in [4.78, 5) is 24.9. The van der Waals surface area contributed by atoms with E-state index in [1.54, 1.807) is 50.2 Å². The number of hydrogen-bond donors (Lipinski definition) is 2. The van der Waals surface area contributed by atoms with E-state index in [9.17, 15) is 18.0 Å². The zero-order valence-electron chi connectivity index (χ0n) is 19.7. The number of nitrogens with zero attached hydrogens (tertiary/aromatic N) is 1. The first-order chi connectivity index (χ1) is 16.8. The number of benzene rings is 3. The summed E-state index contributed by atoms with van der Waals surface area (Å²) in [6.45, 7) is 4.29. The van der Waals surface area contributed by atoms with Crippen LogP contribution in [0.2, 0.25) is 0 Å². The van der Waals surface area contributed by atoms with Gasteiger partial charge >= 0.3 is 0 Å². The Balaban J connectivity index is 1.77. The predicted molar refractivity (Wildman–Crippen MR) is 135 cm³/mol. The average molecular weight is 496 g/mol. The van der Waals surface area contributed by atoms with Gasteiger partial charge in [-0.05, 0) is 42.5 Å². The summed E-state index contributed by atoms with van der Waals surface area (Å²) in [5, 5.41) is 5.44. The van der Waals surface area contributed by atoms with Gasteiger partial charge in [-0.1, -0.05) is 50.2 Å². The lowest BCUT2D eigenvalue weighted by molar-refractivity contribution is -0.116. The van der Waals surface area contributed by atoms with Gasteiger partial charge in [0.25, 0.3) is 5.91 Å². The second-order valence-corrected chi connectivity index (χ2v) is 9.52. The van der Waals surface area contributed by atoms with Gasteiger partial charge < -0.3 is 15.4 Å². The highest BCUT2D eigenvalue weighted by Gasteiger charge is 2.23. The highest BCUT2D eigenvalue weighted by atomic mass is 32.2. The molecular formula is C26H29N3O5S. The van der Waals surface area contributed by atoms with E-state index in [4.69, 9.17) is 4.74 Å². The van der Waals surface area contributed by atoms with Crippen molar-refractivity contribution in [3.63, 3.8) is 0 Å². The van der Waals surface area contributed by atoms with Gasteiger partial charge in [-0.3, -0.25) is 9.59 Å². The maximum absolute atomic E-state index is 13.0. The third kappa shape index (κ3) is 6.91. The van der Waals surface area contributed by atoms with Crippen molar-refractivity contribution in [1.82, 2.24) is 9.62 Å². The van der Waals surface area contributed by atoms with Gasteiger partial charge in [0.2, 0.25) is 15.9 Å².